The van der Waals surface area contributed by atoms with Crippen LogP contribution in [0, 0.1) is 15.5 Å². The van der Waals surface area contributed by atoms with Crippen LogP contribution in [0.4, 0.5) is 5.13 Å². The van der Waals surface area contributed by atoms with E-state index in [1.165, 1.54) is 11.3 Å². The number of hydrogen-bond acceptors (Lipinski definition) is 6. The van der Waals surface area contributed by atoms with Crippen molar-refractivity contribution in [3.8, 4) is 5.75 Å². The summed E-state index contributed by atoms with van der Waals surface area (Å²) < 4.78 is 5.31. The molecule has 1 N–H and O–H groups in total. The molecule has 7 rings (SSSR count). The van der Waals surface area contributed by atoms with Crippen molar-refractivity contribution >= 4 is 22.4 Å². The summed E-state index contributed by atoms with van der Waals surface area (Å²) in [6.07, 6.45) is 0.689. The number of nitro groups is 1. The van der Waals surface area contributed by atoms with E-state index in [2.05, 4.69) is 10.3 Å². The normalized spacial score (nSPS) is 23.1. The van der Waals surface area contributed by atoms with Crippen molar-refractivity contribution < 1.29 is 14.5 Å². The van der Waals surface area contributed by atoms with Gasteiger partial charge in [0.25, 0.3) is 5.54 Å². The van der Waals surface area contributed by atoms with Gasteiger partial charge in [-0.1, -0.05) is 60.7 Å². The fraction of sp³-hybridized carbons (Fsp3) is 0.241. The molecule has 1 atom stereocenters. The summed E-state index contributed by atoms with van der Waals surface area (Å²) in [6, 6.07) is 22.8. The number of ether oxygens (including phenoxy) is 1. The molecule has 1 unspecified atom stereocenters. The van der Waals surface area contributed by atoms with E-state index in [0.29, 0.717) is 22.7 Å². The number of amides is 1. The quantitative estimate of drug-likeness (QED) is 0.262. The van der Waals surface area contributed by atoms with Crippen molar-refractivity contribution in [2.75, 3.05) is 12.4 Å². The number of thiazole rings is 1. The summed E-state index contributed by atoms with van der Waals surface area (Å²) in [5.41, 5.74) is 2.44. The van der Waals surface area contributed by atoms with Gasteiger partial charge >= 0.3 is 0 Å². The zero-order valence-electron chi connectivity index (χ0n) is 20.4. The van der Waals surface area contributed by atoms with Gasteiger partial charge in [0.05, 0.1) is 18.2 Å². The smallest absolute Gasteiger partial charge is 0.273 e. The number of nitrogens with zero attached hydrogens (tertiary/aromatic N) is 2. The maximum absolute atomic E-state index is 13.9. The molecule has 3 aromatic carbocycles. The molecule has 37 heavy (non-hydrogen) atoms. The largest absolute Gasteiger partial charge is 0.497 e. The molecule has 7 nitrogen and oxygen atoms in total. The minimum Gasteiger partial charge on any atom is -0.497 e. The van der Waals surface area contributed by atoms with Crippen LogP contribution in [0.5, 0.6) is 5.75 Å². The summed E-state index contributed by atoms with van der Waals surface area (Å²) in [5, 5.41) is 18.2. The second-order valence-electron chi connectivity index (χ2n) is 9.95. The fourth-order valence-corrected chi connectivity index (χ4v) is 6.93. The Hall–Kier alpha value is -4.04. The van der Waals surface area contributed by atoms with Gasteiger partial charge in [0, 0.05) is 40.2 Å². The van der Waals surface area contributed by atoms with Crippen molar-refractivity contribution in [2.45, 2.75) is 31.2 Å². The number of benzene rings is 3. The van der Waals surface area contributed by atoms with Crippen LogP contribution in [0.2, 0.25) is 0 Å². The van der Waals surface area contributed by atoms with Gasteiger partial charge in [-0.3, -0.25) is 14.9 Å². The van der Waals surface area contributed by atoms with Crippen LogP contribution in [-0.2, 0) is 16.8 Å². The van der Waals surface area contributed by atoms with Crippen LogP contribution >= 0.6 is 11.3 Å². The van der Waals surface area contributed by atoms with E-state index in [4.69, 9.17) is 4.74 Å². The highest BCUT2D eigenvalue weighted by Gasteiger charge is 2.67. The van der Waals surface area contributed by atoms with Crippen molar-refractivity contribution in [2.24, 2.45) is 5.41 Å². The molecule has 0 saturated carbocycles. The average molecular weight is 512 g/mol. The van der Waals surface area contributed by atoms with Crippen LogP contribution in [0.1, 0.15) is 52.8 Å². The number of rotatable bonds is 6. The third kappa shape index (κ3) is 3.47. The molecule has 3 aliphatic carbocycles. The molecular formula is C29H25N3O4S. The zero-order chi connectivity index (χ0) is 25.8. The summed E-state index contributed by atoms with van der Waals surface area (Å²) in [7, 11) is 1.63. The third-order valence-corrected chi connectivity index (χ3v) is 8.62. The number of anilines is 1. The average Bonchev–Trinajstić information content (AvgIpc) is 3.35. The summed E-state index contributed by atoms with van der Waals surface area (Å²) in [5.74, 6) is 0.231. The predicted octanol–water partition coefficient (Wildman–Crippen LogP) is 5.76. The minimum absolute atomic E-state index is 0.0829. The highest BCUT2D eigenvalue weighted by atomic mass is 32.1. The SMILES string of the molecule is COc1cccc(Cc2csc(NC(=O)C3(C)CC4([N+](=O)[O-])c5ccccc5C3c3ccccc34)n2)c1. The van der Waals surface area contributed by atoms with E-state index in [-0.39, 0.29) is 23.2 Å². The number of methoxy groups -OCH3 is 1. The number of hydrogen-bond donors (Lipinski definition) is 1. The van der Waals surface area contributed by atoms with Gasteiger partial charge in [-0.2, -0.15) is 0 Å². The van der Waals surface area contributed by atoms with E-state index in [0.717, 1.165) is 28.1 Å². The lowest BCUT2D eigenvalue weighted by atomic mass is 9.49. The monoisotopic (exact) mass is 511 g/mol. The fourth-order valence-electron chi connectivity index (χ4n) is 6.22. The summed E-state index contributed by atoms with van der Waals surface area (Å²) in [6.45, 7) is 1.85. The maximum atomic E-state index is 13.9. The van der Waals surface area contributed by atoms with E-state index in [1.54, 1.807) is 7.11 Å². The molecule has 1 heterocycles. The molecule has 1 aromatic heterocycles. The molecule has 186 valence electrons. The number of carbonyl (C=O) groups excluding carboxylic acids is 1. The lowest BCUT2D eigenvalue weighted by molar-refractivity contribution is -0.573. The number of aromatic nitrogens is 1. The van der Waals surface area contributed by atoms with Crippen LogP contribution < -0.4 is 10.1 Å². The number of fused-ring (bicyclic) bond motifs is 1. The molecule has 0 radical (unpaired) electrons. The van der Waals surface area contributed by atoms with E-state index in [1.807, 2.05) is 85.1 Å². The van der Waals surface area contributed by atoms with Crippen LogP contribution in [0.15, 0.2) is 78.2 Å². The summed E-state index contributed by atoms with van der Waals surface area (Å²) >= 11 is 1.36. The van der Waals surface area contributed by atoms with Crippen LogP contribution in [-0.4, -0.2) is 22.9 Å². The second kappa shape index (κ2) is 8.52. The first-order chi connectivity index (χ1) is 17.9. The third-order valence-electron chi connectivity index (χ3n) is 7.82. The predicted molar refractivity (Wildman–Crippen MR) is 142 cm³/mol. The van der Waals surface area contributed by atoms with Gasteiger partial charge in [-0.05, 0) is 35.7 Å². The van der Waals surface area contributed by atoms with Gasteiger partial charge < -0.3 is 10.1 Å². The van der Waals surface area contributed by atoms with Crippen molar-refractivity contribution in [3.63, 3.8) is 0 Å². The standard InChI is InChI=1S/C29H25N3O4S/c1-28(26(33)31-27-30-19(16-37-27)14-18-8-7-9-20(15-18)36-2)17-29(32(34)35)23-12-5-3-10-21(23)25(28)22-11-4-6-13-24(22)29/h3-13,15-16,25H,14,17H2,1-2H3,(H,30,31,33). The molecule has 1 amide bonds. The van der Waals surface area contributed by atoms with Crippen molar-refractivity contribution in [3.05, 3.63) is 122 Å². The Bertz CT molecular complexity index is 1500. The van der Waals surface area contributed by atoms with Gasteiger partial charge in [0.2, 0.25) is 5.91 Å². The molecule has 2 bridgehead atoms. The van der Waals surface area contributed by atoms with Gasteiger partial charge in [-0.15, -0.1) is 11.3 Å². The van der Waals surface area contributed by atoms with Crippen LogP contribution in [0.25, 0.3) is 0 Å². The molecular weight excluding hydrogens is 486 g/mol. The van der Waals surface area contributed by atoms with Gasteiger partial charge in [-0.25, -0.2) is 4.98 Å². The molecule has 0 spiro atoms. The Balaban J connectivity index is 1.34. The van der Waals surface area contributed by atoms with E-state index >= 15 is 0 Å². The molecule has 4 aromatic rings. The molecule has 8 heteroatoms. The van der Waals surface area contributed by atoms with Crippen molar-refractivity contribution in [1.82, 2.24) is 4.98 Å². The lowest BCUT2D eigenvalue weighted by Crippen LogP contribution is -2.57. The highest BCUT2D eigenvalue weighted by Crippen LogP contribution is 2.64. The summed E-state index contributed by atoms with van der Waals surface area (Å²) in [4.78, 5) is 31.2. The Morgan fingerprint density at radius 1 is 1.11 bits per heavy atom. The Morgan fingerprint density at radius 2 is 1.78 bits per heavy atom. The molecule has 0 saturated heterocycles. The minimum atomic E-state index is -1.48. The first-order valence-electron chi connectivity index (χ1n) is 12.1. The lowest BCUT2D eigenvalue weighted by Gasteiger charge is -2.52. The second-order valence-corrected chi connectivity index (χ2v) is 10.8. The number of nitrogens with one attached hydrogen (secondary N) is 1. The topological polar surface area (TPSA) is 94.4 Å². The zero-order valence-corrected chi connectivity index (χ0v) is 21.2. The van der Waals surface area contributed by atoms with Crippen LogP contribution in [0.3, 0.4) is 0 Å². The first-order valence-corrected chi connectivity index (χ1v) is 13.0. The van der Waals surface area contributed by atoms with Gasteiger partial charge in [0.1, 0.15) is 5.75 Å². The first kappa shape index (κ1) is 23.4. The maximum Gasteiger partial charge on any atom is 0.273 e. The number of carbonyl (C=O) groups is 1. The van der Waals surface area contributed by atoms with Gasteiger partial charge in [0.15, 0.2) is 5.13 Å². The molecule has 0 aliphatic heterocycles. The highest BCUT2D eigenvalue weighted by molar-refractivity contribution is 7.13. The van der Waals surface area contributed by atoms with Crippen molar-refractivity contribution in [1.29, 1.82) is 0 Å². The Morgan fingerprint density at radius 3 is 2.43 bits per heavy atom. The van der Waals surface area contributed by atoms with E-state index < -0.39 is 11.0 Å². The molecule has 0 fully saturated rings. The van der Waals surface area contributed by atoms with E-state index in [9.17, 15) is 14.9 Å². The Kier molecular flexibility index (Phi) is 5.38. The Labute approximate surface area is 218 Å². The molecule has 3 aliphatic rings.